The van der Waals surface area contributed by atoms with Gasteiger partial charge in [-0.2, -0.15) is 0 Å². The zero-order chi connectivity index (χ0) is 4.71. The van der Waals surface area contributed by atoms with Crippen molar-refractivity contribution in [3.8, 4) is 0 Å². The Balaban J connectivity index is 0. The minimum Gasteiger partial charge on any atom is -0.313 e. The van der Waals surface area contributed by atoms with Crippen LogP contribution in [0, 0.1) is 5.41 Å². The summed E-state index contributed by atoms with van der Waals surface area (Å²) in [6.07, 6.45) is 1.25. The van der Waals surface area contributed by atoms with E-state index in [-0.39, 0.29) is 0 Å². The zero-order valence-electron chi connectivity index (χ0n) is 4.08. The summed E-state index contributed by atoms with van der Waals surface area (Å²) in [6, 6.07) is 0. The summed E-state index contributed by atoms with van der Waals surface area (Å²) in [4.78, 5) is 0. The van der Waals surface area contributed by atoms with Crippen LogP contribution in [0.25, 0.3) is 0 Å². The maximum absolute atomic E-state index is 6.08. The largest absolute Gasteiger partial charge is 0.313 e. The van der Waals surface area contributed by atoms with Gasteiger partial charge in [-0.15, -0.1) is 0 Å². The quantitative estimate of drug-likeness (QED) is 0.408. The van der Waals surface area contributed by atoms with Gasteiger partial charge in [0.1, 0.15) is 0 Å². The van der Waals surface area contributed by atoms with E-state index in [1.54, 1.807) is 6.92 Å². The number of hydrogen-bond acceptors (Lipinski definition) is 1. The van der Waals surface area contributed by atoms with Gasteiger partial charge in [-0.05, 0) is 13.1 Å². The van der Waals surface area contributed by atoms with Gasteiger partial charge in [-0.3, -0.25) is 0 Å². The highest BCUT2D eigenvalue weighted by atomic mass is 14.3. The Morgan fingerprint density at radius 2 is 2.25 bits per heavy atom. The van der Waals surface area contributed by atoms with Crippen LogP contribution in [0.2, 0.25) is 0 Å². The fourth-order valence-corrected chi connectivity index (χ4v) is 0. The normalized spacial score (nSPS) is 5.00. The van der Waals surface area contributed by atoms with Crippen molar-refractivity contribution in [3.63, 3.8) is 0 Å². The fraction of sp³-hybridized carbons (Fsp3) is 0.667. The third kappa shape index (κ3) is 6.88. The Hall–Kier alpha value is -0.330. The Morgan fingerprint density at radius 3 is 2.25 bits per heavy atom. The van der Waals surface area contributed by atoms with E-state index in [1.807, 2.05) is 0 Å². The van der Waals surface area contributed by atoms with E-state index in [2.05, 4.69) is 0 Å². The standard InChI is InChI=1S/C2H5N.CH4/c1-2-3;/h2-3H,1H3;1H4/i;1T. The molecule has 26 valence electrons. The van der Waals surface area contributed by atoms with Crippen molar-refractivity contribution in [2.45, 2.75) is 14.3 Å². The smallest absolute Gasteiger partial charge is 0.0194 e. The van der Waals surface area contributed by atoms with Gasteiger partial charge in [0.15, 0.2) is 0 Å². The second-order valence-electron chi connectivity index (χ2n) is 0.289. The molecule has 4 heavy (non-hydrogen) atoms. The molecular formula is C3H9N. The fourth-order valence-electron chi connectivity index (χ4n) is 0. The molecule has 0 rings (SSSR count). The van der Waals surface area contributed by atoms with Crippen LogP contribution in [-0.2, 0) is 0 Å². The highest BCUT2D eigenvalue weighted by molar-refractivity contribution is 5.48. The zero-order valence-corrected chi connectivity index (χ0v) is 3.08. The highest BCUT2D eigenvalue weighted by Crippen LogP contribution is 1.16. The molecule has 0 aliphatic rings. The van der Waals surface area contributed by atoms with Crippen LogP contribution in [0.4, 0.5) is 0 Å². The van der Waals surface area contributed by atoms with Gasteiger partial charge < -0.3 is 5.41 Å². The summed E-state index contributed by atoms with van der Waals surface area (Å²) in [5.41, 5.74) is 0. The van der Waals surface area contributed by atoms with Gasteiger partial charge in [0, 0.05) is 1.37 Å². The van der Waals surface area contributed by atoms with E-state index in [0.29, 0.717) is 0 Å². The van der Waals surface area contributed by atoms with Crippen LogP contribution in [0.3, 0.4) is 0 Å². The average Bonchev–Trinajstić information content (AvgIpc) is 1.46. The summed E-state index contributed by atoms with van der Waals surface area (Å²) >= 11 is 0. The van der Waals surface area contributed by atoms with Crippen molar-refractivity contribution in [1.29, 1.82) is 5.41 Å². The summed E-state index contributed by atoms with van der Waals surface area (Å²) in [7, 11) is 1.25. The predicted octanol–water partition coefficient (Wildman–Crippen LogP) is 1.29. The van der Waals surface area contributed by atoms with Crippen molar-refractivity contribution in [2.75, 3.05) is 0 Å². The minimum absolute atomic E-state index is 1.25. The van der Waals surface area contributed by atoms with Crippen molar-refractivity contribution in [2.24, 2.45) is 0 Å². The molecule has 1 heteroatoms. The Morgan fingerprint density at radius 1 is 2.25 bits per heavy atom. The SMILES string of the molecule is CC=N.[3H]C. The maximum Gasteiger partial charge on any atom is 0.0194 e. The average molecular weight is 61.1 g/mol. The number of rotatable bonds is 0. The molecule has 0 spiro atoms. The number of hydrogen-bond donors (Lipinski definition) is 1. The highest BCUT2D eigenvalue weighted by Gasteiger charge is 1.17. The van der Waals surface area contributed by atoms with E-state index in [1.165, 1.54) is 13.6 Å². The van der Waals surface area contributed by atoms with Gasteiger partial charge in [0.05, 0.1) is 0 Å². The van der Waals surface area contributed by atoms with Gasteiger partial charge in [-0.1, -0.05) is 7.40 Å². The lowest BCUT2D eigenvalue weighted by molar-refractivity contribution is 1.55. The van der Waals surface area contributed by atoms with Crippen molar-refractivity contribution >= 4 is 6.21 Å². The van der Waals surface area contributed by atoms with Crippen LogP contribution >= 0.6 is 0 Å². The lowest BCUT2D eigenvalue weighted by atomic mass is 10.9. The Kier molecular flexibility index (Phi) is 15.2. The van der Waals surface area contributed by atoms with Crippen molar-refractivity contribution in [1.82, 2.24) is 0 Å². The van der Waals surface area contributed by atoms with E-state index < -0.39 is 0 Å². The predicted molar refractivity (Wildman–Crippen MR) is 21.2 cm³/mol. The molecule has 0 aromatic rings. The summed E-state index contributed by atoms with van der Waals surface area (Å²) in [6.45, 7) is 1.67. The topological polar surface area (TPSA) is 23.9 Å². The molecule has 0 saturated carbocycles. The second kappa shape index (κ2) is 16.6. The van der Waals surface area contributed by atoms with E-state index in [4.69, 9.17) is 6.78 Å². The molecule has 0 atom stereocenters. The van der Waals surface area contributed by atoms with Crippen molar-refractivity contribution in [3.05, 3.63) is 0 Å². The first-order valence-corrected chi connectivity index (χ1v) is 0.866. The van der Waals surface area contributed by atoms with Crippen LogP contribution in [0.1, 0.15) is 15.7 Å². The molecule has 0 aromatic carbocycles. The third-order valence-corrected chi connectivity index (χ3v) is 0. The second-order valence-corrected chi connectivity index (χ2v) is 0.289. The van der Waals surface area contributed by atoms with Crippen LogP contribution in [0.15, 0.2) is 0 Å². The first-order valence-electron chi connectivity index (χ1n) is 1.87. The molecule has 0 unspecified atom stereocenters. The Labute approximate surface area is 28.6 Å². The molecule has 1 N–H and O–H groups in total. The van der Waals surface area contributed by atoms with Gasteiger partial charge >= 0.3 is 0 Å². The third-order valence-electron chi connectivity index (χ3n) is 0. The molecule has 0 saturated heterocycles. The molecule has 1 nitrogen and oxygen atoms in total. The molecule has 0 aliphatic heterocycles. The van der Waals surface area contributed by atoms with Crippen LogP contribution in [-0.4, -0.2) is 6.21 Å². The molecule has 0 aliphatic carbocycles. The molecule has 0 radical (unpaired) electrons. The molecule has 0 amide bonds. The van der Waals surface area contributed by atoms with Crippen LogP contribution in [0.5, 0.6) is 0 Å². The number of nitrogens with one attached hydrogen (secondary N) is 1. The van der Waals surface area contributed by atoms with E-state index >= 15 is 0 Å². The molecule has 0 aromatic heterocycles. The molecular weight excluding hydrogens is 50.0 g/mol. The van der Waals surface area contributed by atoms with Crippen molar-refractivity contribution < 1.29 is 1.37 Å². The minimum atomic E-state index is 1.25. The first kappa shape index (κ1) is 3.67. The van der Waals surface area contributed by atoms with E-state index in [9.17, 15) is 0 Å². The summed E-state index contributed by atoms with van der Waals surface area (Å²) < 4.78 is 5.75. The van der Waals surface area contributed by atoms with Crippen LogP contribution < -0.4 is 0 Å². The van der Waals surface area contributed by atoms with Gasteiger partial charge in [0.25, 0.3) is 0 Å². The summed E-state index contributed by atoms with van der Waals surface area (Å²) in [5, 5.41) is 6.08. The molecule has 0 bridgehead atoms. The molecule has 0 fully saturated rings. The molecule has 0 heterocycles. The maximum atomic E-state index is 6.08. The van der Waals surface area contributed by atoms with Gasteiger partial charge in [-0.25, -0.2) is 0 Å². The Bertz CT molecular complexity index is 14.4. The first-order chi connectivity index (χ1) is 2.41. The van der Waals surface area contributed by atoms with Gasteiger partial charge in [0.2, 0.25) is 0 Å². The summed E-state index contributed by atoms with van der Waals surface area (Å²) in [5.74, 6) is 0. The van der Waals surface area contributed by atoms with E-state index in [0.717, 1.165) is 0 Å². The lowest BCUT2D eigenvalue weighted by Crippen LogP contribution is -1.32. The lowest BCUT2D eigenvalue weighted by Gasteiger charge is -1.30. The monoisotopic (exact) mass is 61.1 g/mol.